The molecule has 0 atom stereocenters. The fourth-order valence-electron chi connectivity index (χ4n) is 8.19. The third kappa shape index (κ3) is 4.62. The smallest absolute Gasteiger partial charge is 0.101 e. The minimum absolute atomic E-state index is 0.709. The third-order valence-electron chi connectivity index (χ3n) is 10.7. The zero-order valence-electron chi connectivity index (χ0n) is 28.4. The molecule has 0 aliphatic rings. The molecule has 0 N–H and O–H groups in total. The van der Waals surface area contributed by atoms with Crippen molar-refractivity contribution in [1.29, 1.82) is 5.26 Å². The molecule has 2 nitrogen and oxygen atoms in total. The van der Waals surface area contributed by atoms with Gasteiger partial charge in [0, 0.05) is 41.7 Å². The molecule has 3 heterocycles. The fraction of sp³-hybridized carbons (Fsp3) is 0. The largest absolute Gasteiger partial charge is 0.308 e. The number of hydrogen-bond donors (Lipinski definition) is 0. The molecule has 0 radical (unpaired) electrons. The Morgan fingerprint density at radius 3 is 1.72 bits per heavy atom. The highest BCUT2D eigenvalue weighted by Gasteiger charge is 2.21. The van der Waals surface area contributed by atoms with E-state index < -0.39 is 0 Å². The number of nitrogens with zero attached hydrogens (tertiary/aromatic N) is 2. The average Bonchev–Trinajstić information content (AvgIpc) is 3.90. The van der Waals surface area contributed by atoms with Gasteiger partial charge in [0.05, 0.1) is 31.7 Å². The van der Waals surface area contributed by atoms with Crippen molar-refractivity contribution in [2.45, 2.75) is 0 Å². The van der Waals surface area contributed by atoms with Gasteiger partial charge in [-0.25, -0.2) is 0 Å². The zero-order chi connectivity index (χ0) is 35.0. The van der Waals surface area contributed by atoms with E-state index in [1.165, 1.54) is 68.8 Å². The molecule has 0 bridgehead atoms. The predicted molar refractivity (Wildman–Crippen MR) is 228 cm³/mol. The van der Waals surface area contributed by atoms with Gasteiger partial charge in [0.25, 0.3) is 0 Å². The second kappa shape index (κ2) is 11.8. The third-order valence-corrected chi connectivity index (χ3v) is 13.1. The molecule has 0 amide bonds. The molecule has 53 heavy (non-hydrogen) atoms. The highest BCUT2D eigenvalue weighted by molar-refractivity contribution is 7.26. The molecular formula is C49H28N2S2. The summed E-state index contributed by atoms with van der Waals surface area (Å²) in [5.41, 5.74) is 11.3. The van der Waals surface area contributed by atoms with Crippen LogP contribution in [0.15, 0.2) is 170 Å². The second-order valence-corrected chi connectivity index (χ2v) is 15.7. The van der Waals surface area contributed by atoms with Gasteiger partial charge < -0.3 is 4.57 Å². The van der Waals surface area contributed by atoms with Crippen molar-refractivity contribution in [2.75, 3.05) is 0 Å². The molecule has 0 unspecified atom stereocenters. The summed E-state index contributed by atoms with van der Waals surface area (Å²) >= 11 is 3.57. The quantitative estimate of drug-likeness (QED) is 0.179. The van der Waals surface area contributed by atoms with E-state index in [-0.39, 0.29) is 0 Å². The van der Waals surface area contributed by atoms with Crippen LogP contribution in [0.5, 0.6) is 0 Å². The molecule has 246 valence electrons. The number of thiophene rings is 2. The van der Waals surface area contributed by atoms with Gasteiger partial charge in [-0.15, -0.1) is 22.7 Å². The van der Waals surface area contributed by atoms with Crippen LogP contribution in [0.4, 0.5) is 0 Å². The van der Waals surface area contributed by atoms with E-state index in [1.54, 1.807) is 11.3 Å². The average molecular weight is 709 g/mol. The van der Waals surface area contributed by atoms with Gasteiger partial charge in [-0.05, 0) is 88.0 Å². The maximum atomic E-state index is 10.4. The second-order valence-electron chi connectivity index (χ2n) is 13.6. The Kier molecular flexibility index (Phi) is 6.69. The van der Waals surface area contributed by atoms with Gasteiger partial charge in [-0.1, -0.05) is 115 Å². The molecule has 3 aromatic heterocycles. The predicted octanol–water partition coefficient (Wildman–Crippen LogP) is 14.4. The first-order chi connectivity index (χ1) is 26.2. The van der Waals surface area contributed by atoms with Crippen LogP contribution in [-0.4, -0.2) is 4.57 Å². The minimum Gasteiger partial charge on any atom is -0.308 e. The van der Waals surface area contributed by atoms with Crippen LogP contribution in [0.2, 0.25) is 0 Å². The molecule has 0 fully saturated rings. The summed E-state index contributed by atoms with van der Waals surface area (Å²) in [6, 6.07) is 63.8. The molecule has 11 aromatic rings. The number of nitriles is 1. The van der Waals surface area contributed by atoms with Crippen molar-refractivity contribution in [3.8, 4) is 45.1 Å². The van der Waals surface area contributed by atoms with E-state index in [4.69, 9.17) is 0 Å². The summed E-state index contributed by atoms with van der Waals surface area (Å²) in [5, 5.41) is 17.7. The number of fused-ring (bicyclic) bond motifs is 9. The topological polar surface area (TPSA) is 28.7 Å². The van der Waals surface area contributed by atoms with Gasteiger partial charge in [-0.3, -0.25) is 0 Å². The molecule has 0 saturated carbocycles. The molecule has 0 aliphatic heterocycles. The number of rotatable bonds is 4. The van der Waals surface area contributed by atoms with Crippen LogP contribution in [0, 0.1) is 11.3 Å². The number of hydrogen-bond acceptors (Lipinski definition) is 3. The lowest BCUT2D eigenvalue weighted by atomic mass is 9.96. The standard InChI is InChI=1S/C49H28N2S2/c50-29-35-18-22-36(34-21-25-46-41(28-34)37-14-7-8-17-45(37)52-46)47-38-15-9-16-44(49(38)53-48(35)47)51-42-23-19-32(30-10-3-1-4-11-30)26-39(42)40-27-33(20-24-43(40)51)31-12-5-2-6-13-31/h1-28H. The number of benzene rings is 8. The van der Waals surface area contributed by atoms with E-state index in [1.807, 2.05) is 17.4 Å². The van der Waals surface area contributed by atoms with Crippen molar-refractivity contribution in [1.82, 2.24) is 4.57 Å². The van der Waals surface area contributed by atoms with Gasteiger partial charge in [-0.2, -0.15) is 5.26 Å². The maximum absolute atomic E-state index is 10.4. The monoisotopic (exact) mass is 708 g/mol. The Morgan fingerprint density at radius 1 is 0.415 bits per heavy atom. The molecule has 11 rings (SSSR count). The van der Waals surface area contributed by atoms with Gasteiger partial charge in [0.2, 0.25) is 0 Å². The first-order valence-corrected chi connectivity index (χ1v) is 19.4. The lowest BCUT2D eigenvalue weighted by Crippen LogP contribution is -1.94. The minimum atomic E-state index is 0.709. The highest BCUT2D eigenvalue weighted by Crippen LogP contribution is 2.47. The normalized spacial score (nSPS) is 11.8. The van der Waals surface area contributed by atoms with Crippen molar-refractivity contribution in [3.05, 3.63) is 175 Å². The Hall–Kier alpha value is -6.51. The summed E-state index contributed by atoms with van der Waals surface area (Å²) in [7, 11) is 0. The SMILES string of the molecule is N#Cc1ccc(-c2ccc3sc4ccccc4c3c2)c2c1sc1c(-n3c4ccc(-c5ccccc5)cc4c4cc(-c5ccccc5)ccc43)cccc12. The lowest BCUT2D eigenvalue weighted by molar-refractivity contribution is 1.20. The summed E-state index contributed by atoms with van der Waals surface area (Å²) in [5.74, 6) is 0. The number of aromatic nitrogens is 1. The van der Waals surface area contributed by atoms with E-state index in [0.29, 0.717) is 5.56 Å². The van der Waals surface area contributed by atoms with Crippen LogP contribution in [0.3, 0.4) is 0 Å². The summed E-state index contributed by atoms with van der Waals surface area (Å²) in [6.07, 6.45) is 0. The van der Waals surface area contributed by atoms with E-state index >= 15 is 0 Å². The zero-order valence-corrected chi connectivity index (χ0v) is 30.0. The van der Waals surface area contributed by atoms with Crippen LogP contribution in [-0.2, 0) is 0 Å². The maximum Gasteiger partial charge on any atom is 0.101 e. The van der Waals surface area contributed by atoms with E-state index in [0.717, 1.165) is 32.4 Å². The fourth-order valence-corrected chi connectivity index (χ4v) is 10.6. The molecule has 0 spiro atoms. The van der Waals surface area contributed by atoms with Gasteiger partial charge in [0.1, 0.15) is 6.07 Å². The molecule has 0 aliphatic carbocycles. The Morgan fingerprint density at radius 2 is 1.02 bits per heavy atom. The van der Waals surface area contributed by atoms with E-state index in [9.17, 15) is 5.26 Å². The van der Waals surface area contributed by atoms with Gasteiger partial charge >= 0.3 is 0 Å². The Bertz CT molecular complexity index is 3190. The van der Waals surface area contributed by atoms with Crippen molar-refractivity contribution >= 4 is 84.8 Å². The molecule has 4 heteroatoms. The summed E-state index contributed by atoms with van der Waals surface area (Å²) < 4.78 is 7.22. The van der Waals surface area contributed by atoms with Crippen molar-refractivity contribution in [3.63, 3.8) is 0 Å². The lowest BCUT2D eigenvalue weighted by Gasteiger charge is -2.11. The van der Waals surface area contributed by atoms with Gasteiger partial charge in [0.15, 0.2) is 0 Å². The Balaban J connectivity index is 1.19. The highest BCUT2D eigenvalue weighted by atomic mass is 32.1. The molecule has 0 saturated heterocycles. The first kappa shape index (κ1) is 30.1. The summed E-state index contributed by atoms with van der Waals surface area (Å²) in [4.78, 5) is 0. The van der Waals surface area contributed by atoms with Crippen LogP contribution in [0.25, 0.3) is 101 Å². The molecule has 8 aromatic carbocycles. The van der Waals surface area contributed by atoms with Crippen LogP contribution >= 0.6 is 22.7 Å². The van der Waals surface area contributed by atoms with Crippen molar-refractivity contribution < 1.29 is 0 Å². The van der Waals surface area contributed by atoms with Crippen LogP contribution < -0.4 is 0 Å². The molecular weight excluding hydrogens is 681 g/mol. The van der Waals surface area contributed by atoms with Crippen LogP contribution in [0.1, 0.15) is 5.56 Å². The van der Waals surface area contributed by atoms with Crippen molar-refractivity contribution in [2.24, 2.45) is 0 Å². The first-order valence-electron chi connectivity index (χ1n) is 17.7. The summed E-state index contributed by atoms with van der Waals surface area (Å²) in [6.45, 7) is 0. The Labute approximate surface area is 313 Å². The van der Waals surface area contributed by atoms with E-state index in [2.05, 4.69) is 174 Å².